The van der Waals surface area contributed by atoms with Crippen LogP contribution in [-0.4, -0.2) is 21.4 Å². The molecule has 7 heteroatoms. The fourth-order valence-electron chi connectivity index (χ4n) is 3.05. The average Bonchev–Trinajstić information content (AvgIpc) is 3.48. The Labute approximate surface area is 178 Å². The lowest BCUT2D eigenvalue weighted by atomic mass is 10.1. The summed E-state index contributed by atoms with van der Waals surface area (Å²) in [5, 5.41) is 7.68. The maximum Gasteiger partial charge on any atom is 0.265 e. The van der Waals surface area contributed by atoms with Crippen LogP contribution in [0.4, 0.5) is 5.69 Å². The van der Waals surface area contributed by atoms with Gasteiger partial charge < -0.3 is 15.2 Å². The number of nitrogens with zero attached hydrogens (tertiary/aromatic N) is 2. The molecule has 2 aromatic heterocycles. The number of benzene rings is 2. The predicted molar refractivity (Wildman–Crippen MR) is 118 cm³/mol. The van der Waals surface area contributed by atoms with Gasteiger partial charge in [0.25, 0.3) is 11.8 Å². The van der Waals surface area contributed by atoms with E-state index in [2.05, 4.69) is 15.6 Å². The molecule has 0 spiro atoms. The number of aromatic nitrogens is 2. The molecule has 2 aromatic carbocycles. The van der Waals surface area contributed by atoms with E-state index >= 15 is 0 Å². The van der Waals surface area contributed by atoms with Gasteiger partial charge in [-0.2, -0.15) is 0 Å². The molecule has 0 saturated heterocycles. The summed E-state index contributed by atoms with van der Waals surface area (Å²) < 4.78 is 1.92. The lowest BCUT2D eigenvalue weighted by Crippen LogP contribution is -2.26. The second-order valence-electron chi connectivity index (χ2n) is 6.77. The van der Waals surface area contributed by atoms with Gasteiger partial charge in [0, 0.05) is 29.3 Å². The molecule has 0 radical (unpaired) electrons. The standard InChI is InChI=1S/C23H20N4O2S/c1-16(17-7-9-20(10-8-17)27-12-11-24-15-27)25-22(28)18-4-2-5-19(14-18)26-23(29)21-6-3-13-30-21/h2-16H,1H3,(H,25,28)(H,26,29). The smallest absolute Gasteiger partial charge is 0.265 e. The number of amides is 2. The van der Waals surface area contributed by atoms with Gasteiger partial charge in [-0.05, 0) is 54.3 Å². The first kappa shape index (κ1) is 19.6. The van der Waals surface area contributed by atoms with Crippen LogP contribution in [0.3, 0.4) is 0 Å². The van der Waals surface area contributed by atoms with Crippen LogP contribution >= 0.6 is 11.3 Å². The summed E-state index contributed by atoms with van der Waals surface area (Å²) in [7, 11) is 0. The molecule has 1 atom stereocenters. The zero-order chi connectivity index (χ0) is 20.9. The fraction of sp³-hybridized carbons (Fsp3) is 0.0870. The quantitative estimate of drug-likeness (QED) is 0.479. The van der Waals surface area contributed by atoms with Gasteiger partial charge in [-0.1, -0.05) is 24.3 Å². The van der Waals surface area contributed by atoms with Crippen LogP contribution in [0.2, 0.25) is 0 Å². The molecule has 0 fully saturated rings. The van der Waals surface area contributed by atoms with Crippen molar-refractivity contribution in [2.45, 2.75) is 13.0 Å². The molecule has 0 aliphatic rings. The lowest BCUT2D eigenvalue weighted by Gasteiger charge is -2.15. The Morgan fingerprint density at radius 3 is 2.57 bits per heavy atom. The molecule has 30 heavy (non-hydrogen) atoms. The zero-order valence-corrected chi connectivity index (χ0v) is 17.1. The second kappa shape index (κ2) is 8.75. The molecule has 0 bridgehead atoms. The third-order valence-electron chi connectivity index (χ3n) is 4.67. The molecule has 1 unspecified atom stereocenters. The number of imidazole rings is 1. The maximum absolute atomic E-state index is 12.7. The van der Waals surface area contributed by atoms with E-state index in [-0.39, 0.29) is 17.9 Å². The van der Waals surface area contributed by atoms with Crippen LogP contribution in [-0.2, 0) is 0 Å². The average molecular weight is 417 g/mol. The summed E-state index contributed by atoms with van der Waals surface area (Å²) in [4.78, 5) is 29.6. The van der Waals surface area contributed by atoms with Gasteiger partial charge in [0.2, 0.25) is 0 Å². The molecule has 0 aliphatic carbocycles. The lowest BCUT2D eigenvalue weighted by molar-refractivity contribution is 0.0938. The summed E-state index contributed by atoms with van der Waals surface area (Å²) in [6.07, 6.45) is 5.35. The number of anilines is 1. The van der Waals surface area contributed by atoms with E-state index in [0.717, 1.165) is 11.3 Å². The van der Waals surface area contributed by atoms with Crippen molar-refractivity contribution in [3.05, 3.63) is 101 Å². The molecule has 4 rings (SSSR count). The van der Waals surface area contributed by atoms with Gasteiger partial charge in [-0.25, -0.2) is 4.98 Å². The van der Waals surface area contributed by atoms with E-state index in [1.54, 1.807) is 42.9 Å². The third kappa shape index (κ3) is 4.47. The van der Waals surface area contributed by atoms with E-state index in [0.29, 0.717) is 16.1 Å². The molecule has 2 N–H and O–H groups in total. The van der Waals surface area contributed by atoms with Gasteiger partial charge in [-0.3, -0.25) is 9.59 Å². The van der Waals surface area contributed by atoms with Crippen LogP contribution in [0.1, 0.15) is 38.6 Å². The van der Waals surface area contributed by atoms with Crippen LogP contribution in [0, 0.1) is 0 Å². The third-order valence-corrected chi connectivity index (χ3v) is 5.54. The van der Waals surface area contributed by atoms with Gasteiger partial charge in [0.1, 0.15) is 0 Å². The summed E-state index contributed by atoms with van der Waals surface area (Å²) in [5.74, 6) is -0.387. The summed E-state index contributed by atoms with van der Waals surface area (Å²) in [6, 6.07) is 18.3. The maximum atomic E-state index is 12.7. The van der Waals surface area contributed by atoms with Crippen LogP contribution in [0.15, 0.2) is 84.8 Å². The summed E-state index contributed by atoms with van der Waals surface area (Å²) in [6.45, 7) is 1.94. The molecular weight excluding hydrogens is 396 g/mol. The molecular formula is C23H20N4O2S. The first-order chi connectivity index (χ1) is 14.6. The van der Waals surface area contributed by atoms with Crippen LogP contribution in [0.5, 0.6) is 0 Å². The Morgan fingerprint density at radius 1 is 1.03 bits per heavy atom. The first-order valence-corrected chi connectivity index (χ1v) is 10.3. The molecule has 0 saturated carbocycles. The topological polar surface area (TPSA) is 76.0 Å². The Kier molecular flexibility index (Phi) is 5.72. The van der Waals surface area contributed by atoms with E-state index < -0.39 is 0 Å². The van der Waals surface area contributed by atoms with Gasteiger partial charge in [-0.15, -0.1) is 11.3 Å². The largest absolute Gasteiger partial charge is 0.346 e. The second-order valence-corrected chi connectivity index (χ2v) is 7.72. The number of hydrogen-bond donors (Lipinski definition) is 2. The van der Waals surface area contributed by atoms with Gasteiger partial charge >= 0.3 is 0 Å². The molecule has 2 amide bonds. The fourth-order valence-corrected chi connectivity index (χ4v) is 3.67. The van der Waals surface area contributed by atoms with Crippen molar-refractivity contribution in [2.24, 2.45) is 0 Å². The zero-order valence-electron chi connectivity index (χ0n) is 16.3. The molecule has 0 aliphatic heterocycles. The highest BCUT2D eigenvalue weighted by Gasteiger charge is 2.13. The van der Waals surface area contributed by atoms with E-state index in [9.17, 15) is 9.59 Å². The number of carbonyl (C=O) groups excluding carboxylic acids is 2. The molecule has 2 heterocycles. The molecule has 150 valence electrons. The van der Waals surface area contributed by atoms with Gasteiger partial charge in [0.15, 0.2) is 0 Å². The van der Waals surface area contributed by atoms with Crippen molar-refractivity contribution in [1.82, 2.24) is 14.9 Å². The summed E-state index contributed by atoms with van der Waals surface area (Å²) in [5.41, 5.74) is 3.07. The number of nitrogens with one attached hydrogen (secondary N) is 2. The van der Waals surface area contributed by atoms with Crippen molar-refractivity contribution in [3.8, 4) is 5.69 Å². The predicted octanol–water partition coefficient (Wildman–Crippen LogP) is 4.68. The van der Waals surface area contributed by atoms with Gasteiger partial charge in [0.05, 0.1) is 17.2 Å². The molecule has 6 nitrogen and oxygen atoms in total. The summed E-state index contributed by atoms with van der Waals surface area (Å²) >= 11 is 1.37. The highest BCUT2D eigenvalue weighted by Crippen LogP contribution is 2.18. The number of thiophene rings is 1. The first-order valence-electron chi connectivity index (χ1n) is 9.44. The number of hydrogen-bond acceptors (Lipinski definition) is 4. The van der Waals surface area contributed by atoms with Crippen molar-refractivity contribution in [3.63, 3.8) is 0 Å². The Morgan fingerprint density at radius 2 is 1.87 bits per heavy atom. The van der Waals surface area contributed by atoms with E-state index in [4.69, 9.17) is 0 Å². The Bertz CT molecular complexity index is 1140. The number of rotatable bonds is 6. The minimum absolute atomic E-state index is 0.168. The van der Waals surface area contributed by atoms with Crippen molar-refractivity contribution >= 4 is 28.8 Å². The normalized spacial score (nSPS) is 11.6. The minimum atomic E-state index is -0.201. The van der Waals surface area contributed by atoms with E-state index in [1.165, 1.54) is 11.3 Å². The SMILES string of the molecule is CC(NC(=O)c1cccc(NC(=O)c2cccs2)c1)c1ccc(-n2ccnc2)cc1. The highest BCUT2D eigenvalue weighted by molar-refractivity contribution is 7.12. The van der Waals surface area contributed by atoms with E-state index in [1.807, 2.05) is 53.4 Å². The van der Waals surface area contributed by atoms with Crippen LogP contribution in [0.25, 0.3) is 5.69 Å². The minimum Gasteiger partial charge on any atom is -0.346 e. The van der Waals surface area contributed by atoms with Crippen LogP contribution < -0.4 is 10.6 Å². The monoisotopic (exact) mass is 416 g/mol. The van der Waals surface area contributed by atoms with Crippen molar-refractivity contribution in [1.29, 1.82) is 0 Å². The Balaban J connectivity index is 1.41. The molecule has 4 aromatic rings. The van der Waals surface area contributed by atoms with Crippen molar-refractivity contribution < 1.29 is 9.59 Å². The highest BCUT2D eigenvalue weighted by atomic mass is 32.1. The van der Waals surface area contributed by atoms with Crippen molar-refractivity contribution in [2.75, 3.05) is 5.32 Å². The number of carbonyl (C=O) groups is 2. The Hall–Kier alpha value is -3.71.